The number of nitrogens with zero attached hydrogens (tertiary/aromatic N) is 2. The molecule has 0 bridgehead atoms. The molecule has 2 heterocycles. The van der Waals surface area contributed by atoms with Gasteiger partial charge in [0.2, 0.25) is 0 Å². The molecule has 18 heavy (non-hydrogen) atoms. The highest BCUT2D eigenvalue weighted by molar-refractivity contribution is 6.17. The van der Waals surface area contributed by atoms with E-state index in [4.69, 9.17) is 32.0 Å². The van der Waals surface area contributed by atoms with Crippen LogP contribution in [-0.2, 0) is 24.6 Å². The number of aromatic nitrogens is 2. The van der Waals surface area contributed by atoms with Crippen LogP contribution in [0.1, 0.15) is 37.0 Å². The van der Waals surface area contributed by atoms with E-state index in [1.807, 2.05) is 13.8 Å². The molecule has 0 aliphatic rings. The summed E-state index contributed by atoms with van der Waals surface area (Å²) >= 11 is 10.9. The Balaban J connectivity index is 0.000000180. The first-order valence-corrected chi connectivity index (χ1v) is 6.78. The van der Waals surface area contributed by atoms with Crippen LogP contribution in [0.2, 0.25) is 0 Å². The SMILES string of the molecule is CCc1nc(CCl)co1.CCc1nc(CCl)co1. The third-order valence-corrected chi connectivity index (χ3v) is 2.62. The molecule has 0 aliphatic carbocycles. The summed E-state index contributed by atoms with van der Waals surface area (Å²) < 4.78 is 10.0. The van der Waals surface area contributed by atoms with Crippen molar-refractivity contribution in [2.24, 2.45) is 0 Å². The van der Waals surface area contributed by atoms with Gasteiger partial charge < -0.3 is 8.83 Å². The van der Waals surface area contributed by atoms with E-state index >= 15 is 0 Å². The Kier molecular flexibility index (Phi) is 6.83. The second-order valence-electron chi connectivity index (χ2n) is 3.44. The molecule has 0 radical (unpaired) electrons. The highest BCUT2D eigenvalue weighted by Crippen LogP contribution is 2.04. The molecule has 0 atom stereocenters. The minimum atomic E-state index is 0.434. The lowest BCUT2D eigenvalue weighted by molar-refractivity contribution is 0.501. The van der Waals surface area contributed by atoms with Crippen molar-refractivity contribution in [3.8, 4) is 0 Å². The Morgan fingerprint density at radius 2 is 1.28 bits per heavy atom. The van der Waals surface area contributed by atoms with Gasteiger partial charge in [-0.1, -0.05) is 13.8 Å². The number of rotatable bonds is 4. The predicted octanol–water partition coefficient (Wildman–Crippen LogP) is 3.95. The number of alkyl halides is 2. The average Bonchev–Trinajstić information content (AvgIpc) is 3.07. The maximum absolute atomic E-state index is 5.47. The van der Waals surface area contributed by atoms with Gasteiger partial charge >= 0.3 is 0 Å². The minimum absolute atomic E-state index is 0.434. The zero-order valence-corrected chi connectivity index (χ0v) is 12.0. The van der Waals surface area contributed by atoms with Crippen molar-refractivity contribution in [1.29, 1.82) is 0 Å². The largest absolute Gasteiger partial charge is 0.449 e. The molecule has 4 nitrogen and oxygen atoms in total. The molecule has 0 fully saturated rings. The van der Waals surface area contributed by atoms with E-state index < -0.39 is 0 Å². The molecule has 0 unspecified atom stereocenters. The standard InChI is InChI=1S/2C6H8ClNO/c2*1-2-6-8-5(3-7)4-9-6/h2*4H,2-3H2,1H3. The molecule has 2 aromatic heterocycles. The third-order valence-electron chi connectivity index (χ3n) is 2.08. The van der Waals surface area contributed by atoms with Gasteiger partial charge in [0.05, 0.1) is 23.1 Å². The maximum Gasteiger partial charge on any atom is 0.193 e. The Hall–Kier alpha value is -1.00. The van der Waals surface area contributed by atoms with Crippen molar-refractivity contribution < 1.29 is 8.83 Å². The zero-order valence-electron chi connectivity index (χ0n) is 10.4. The number of hydrogen-bond donors (Lipinski definition) is 0. The van der Waals surface area contributed by atoms with Crippen LogP contribution in [0, 0.1) is 0 Å². The van der Waals surface area contributed by atoms with Crippen LogP contribution in [-0.4, -0.2) is 9.97 Å². The summed E-state index contributed by atoms with van der Waals surface area (Å²) in [5, 5.41) is 0. The number of oxazole rings is 2. The third kappa shape index (κ3) is 4.70. The van der Waals surface area contributed by atoms with E-state index in [0.717, 1.165) is 36.0 Å². The fourth-order valence-corrected chi connectivity index (χ4v) is 1.39. The molecule has 0 saturated carbocycles. The van der Waals surface area contributed by atoms with E-state index in [2.05, 4.69) is 9.97 Å². The van der Waals surface area contributed by atoms with Crippen LogP contribution < -0.4 is 0 Å². The molecular formula is C12H16Cl2N2O2. The van der Waals surface area contributed by atoms with Gasteiger partial charge in [0.1, 0.15) is 12.5 Å². The number of hydrogen-bond acceptors (Lipinski definition) is 4. The van der Waals surface area contributed by atoms with Crippen molar-refractivity contribution in [2.45, 2.75) is 38.4 Å². The second kappa shape index (κ2) is 8.16. The Bertz CT molecular complexity index is 375. The highest BCUT2D eigenvalue weighted by atomic mass is 35.5. The summed E-state index contributed by atoms with van der Waals surface area (Å²) in [4.78, 5) is 8.10. The molecule has 0 saturated heterocycles. The first kappa shape index (κ1) is 15.1. The summed E-state index contributed by atoms with van der Waals surface area (Å²) in [5.41, 5.74) is 1.63. The molecule has 0 amide bonds. The van der Waals surface area contributed by atoms with E-state index in [1.54, 1.807) is 12.5 Å². The molecule has 0 aromatic carbocycles. The van der Waals surface area contributed by atoms with Gasteiger partial charge in [-0.15, -0.1) is 23.2 Å². The minimum Gasteiger partial charge on any atom is -0.449 e. The molecule has 100 valence electrons. The Labute approximate surface area is 116 Å². The van der Waals surface area contributed by atoms with Crippen molar-refractivity contribution in [3.63, 3.8) is 0 Å². The van der Waals surface area contributed by atoms with Crippen LogP contribution in [0.4, 0.5) is 0 Å². The summed E-state index contributed by atoms with van der Waals surface area (Å²) in [6, 6.07) is 0. The first-order valence-electron chi connectivity index (χ1n) is 5.71. The summed E-state index contributed by atoms with van der Waals surface area (Å²) in [7, 11) is 0. The Morgan fingerprint density at radius 3 is 1.44 bits per heavy atom. The maximum atomic E-state index is 5.47. The van der Waals surface area contributed by atoms with Crippen LogP contribution >= 0.6 is 23.2 Å². The summed E-state index contributed by atoms with van der Waals surface area (Å²) in [6.07, 6.45) is 4.84. The van der Waals surface area contributed by atoms with Crippen LogP contribution in [0.15, 0.2) is 21.4 Å². The Morgan fingerprint density at radius 1 is 0.889 bits per heavy atom. The molecule has 0 spiro atoms. The van der Waals surface area contributed by atoms with Crippen molar-refractivity contribution >= 4 is 23.2 Å². The van der Waals surface area contributed by atoms with Crippen molar-refractivity contribution in [2.75, 3.05) is 0 Å². The van der Waals surface area contributed by atoms with Gasteiger partial charge in [0.15, 0.2) is 11.8 Å². The van der Waals surface area contributed by atoms with Gasteiger partial charge in [-0.25, -0.2) is 9.97 Å². The summed E-state index contributed by atoms with van der Waals surface area (Å²) in [5.74, 6) is 2.38. The molecule has 2 aromatic rings. The van der Waals surface area contributed by atoms with Gasteiger partial charge in [-0.05, 0) is 0 Å². The van der Waals surface area contributed by atoms with Gasteiger partial charge in [0, 0.05) is 12.8 Å². The molecule has 6 heteroatoms. The van der Waals surface area contributed by atoms with Crippen LogP contribution in [0.25, 0.3) is 0 Å². The molecular weight excluding hydrogens is 275 g/mol. The van der Waals surface area contributed by atoms with E-state index in [9.17, 15) is 0 Å². The van der Waals surface area contributed by atoms with Gasteiger partial charge in [0.25, 0.3) is 0 Å². The predicted molar refractivity (Wildman–Crippen MR) is 70.9 cm³/mol. The lowest BCUT2D eigenvalue weighted by atomic mass is 10.5. The fraction of sp³-hybridized carbons (Fsp3) is 0.500. The zero-order chi connectivity index (χ0) is 13.4. The second-order valence-corrected chi connectivity index (χ2v) is 3.97. The molecule has 2 rings (SSSR count). The number of aryl methyl sites for hydroxylation is 2. The van der Waals surface area contributed by atoms with E-state index in [1.165, 1.54) is 0 Å². The van der Waals surface area contributed by atoms with Crippen molar-refractivity contribution in [1.82, 2.24) is 9.97 Å². The lowest BCUT2D eigenvalue weighted by Crippen LogP contribution is -1.79. The smallest absolute Gasteiger partial charge is 0.193 e. The summed E-state index contributed by atoms with van der Waals surface area (Å²) in [6.45, 7) is 3.98. The monoisotopic (exact) mass is 290 g/mol. The van der Waals surface area contributed by atoms with Gasteiger partial charge in [-0.2, -0.15) is 0 Å². The van der Waals surface area contributed by atoms with Crippen molar-refractivity contribution in [3.05, 3.63) is 35.7 Å². The first-order chi connectivity index (χ1) is 8.73. The van der Waals surface area contributed by atoms with Crippen LogP contribution in [0.3, 0.4) is 0 Å². The molecule has 0 N–H and O–H groups in total. The van der Waals surface area contributed by atoms with Gasteiger partial charge in [-0.3, -0.25) is 0 Å². The van der Waals surface area contributed by atoms with E-state index in [0.29, 0.717) is 11.8 Å². The van der Waals surface area contributed by atoms with Crippen LogP contribution in [0.5, 0.6) is 0 Å². The average molecular weight is 291 g/mol. The normalized spacial score (nSPS) is 10.0. The molecule has 0 aliphatic heterocycles. The topological polar surface area (TPSA) is 52.1 Å². The highest BCUT2D eigenvalue weighted by Gasteiger charge is 1.98. The fourth-order valence-electron chi connectivity index (χ4n) is 1.15. The number of halogens is 2. The lowest BCUT2D eigenvalue weighted by Gasteiger charge is -1.79. The quantitative estimate of drug-likeness (QED) is 0.800. The van der Waals surface area contributed by atoms with E-state index in [-0.39, 0.29) is 0 Å².